The van der Waals surface area contributed by atoms with Crippen molar-refractivity contribution < 1.29 is 9.84 Å². The molecule has 0 saturated heterocycles. The van der Waals surface area contributed by atoms with E-state index in [1.807, 2.05) is 36.4 Å². The average molecular weight is 254 g/mol. The lowest BCUT2D eigenvalue weighted by Gasteiger charge is -1.98. The fourth-order valence-corrected chi connectivity index (χ4v) is 1.59. The van der Waals surface area contributed by atoms with E-state index in [-0.39, 0.29) is 11.2 Å². The summed E-state index contributed by atoms with van der Waals surface area (Å²) < 4.78 is 5.08. The van der Waals surface area contributed by atoms with Gasteiger partial charge in [-0.2, -0.15) is 0 Å². The zero-order valence-corrected chi connectivity index (χ0v) is 10.5. The van der Waals surface area contributed by atoms with Gasteiger partial charge in [0.15, 0.2) is 5.75 Å². The molecular weight excluding hydrogens is 240 g/mol. The molecule has 0 aromatic heterocycles. The van der Waals surface area contributed by atoms with Crippen molar-refractivity contribution in [3.05, 3.63) is 69.9 Å². The summed E-state index contributed by atoms with van der Waals surface area (Å²) in [6.07, 6.45) is 3.80. The van der Waals surface area contributed by atoms with Crippen molar-refractivity contribution in [3.8, 4) is 11.5 Å². The Kier molecular flexibility index (Phi) is 3.98. The van der Waals surface area contributed by atoms with Crippen LogP contribution < -0.4 is 10.2 Å². The van der Waals surface area contributed by atoms with Gasteiger partial charge < -0.3 is 9.84 Å². The highest BCUT2D eigenvalue weighted by molar-refractivity contribution is 5.69. The van der Waals surface area contributed by atoms with E-state index in [0.717, 1.165) is 16.9 Å². The largest absolute Gasteiger partial charge is 0.504 e. The summed E-state index contributed by atoms with van der Waals surface area (Å²) in [5, 5.41) is 9.30. The van der Waals surface area contributed by atoms with Crippen LogP contribution in [-0.4, -0.2) is 12.2 Å². The molecular formula is C16H14O3. The topological polar surface area (TPSA) is 46.5 Å². The van der Waals surface area contributed by atoms with Crippen molar-refractivity contribution >= 4 is 12.2 Å². The normalized spacial score (nSPS) is 10.6. The van der Waals surface area contributed by atoms with Crippen LogP contribution in [0.3, 0.4) is 0 Å². The highest BCUT2D eigenvalue weighted by Gasteiger charge is 1.93. The number of benzene rings is 1. The van der Waals surface area contributed by atoms with E-state index in [4.69, 9.17) is 4.74 Å². The van der Waals surface area contributed by atoms with Crippen molar-refractivity contribution in [3.63, 3.8) is 0 Å². The van der Waals surface area contributed by atoms with Gasteiger partial charge in [-0.1, -0.05) is 36.4 Å². The van der Waals surface area contributed by atoms with Gasteiger partial charge in [0.25, 0.3) is 0 Å². The van der Waals surface area contributed by atoms with Gasteiger partial charge in [0.1, 0.15) is 5.75 Å². The predicted molar refractivity (Wildman–Crippen MR) is 76.3 cm³/mol. The molecule has 0 aliphatic heterocycles. The summed E-state index contributed by atoms with van der Waals surface area (Å²) >= 11 is 0. The summed E-state index contributed by atoms with van der Waals surface area (Å²) in [6.45, 7) is 0. The molecule has 0 aliphatic carbocycles. The Morgan fingerprint density at radius 2 is 1.42 bits per heavy atom. The molecule has 0 amide bonds. The molecule has 3 heteroatoms. The van der Waals surface area contributed by atoms with E-state index < -0.39 is 0 Å². The van der Waals surface area contributed by atoms with Gasteiger partial charge in [0, 0.05) is 0 Å². The molecule has 0 radical (unpaired) electrons. The molecule has 0 heterocycles. The van der Waals surface area contributed by atoms with Gasteiger partial charge in [-0.15, -0.1) is 0 Å². The molecule has 0 spiro atoms. The second kappa shape index (κ2) is 5.87. The molecule has 96 valence electrons. The van der Waals surface area contributed by atoms with Crippen LogP contribution in [0.25, 0.3) is 12.2 Å². The number of aromatic hydroxyl groups is 1. The molecule has 0 bridgehead atoms. The van der Waals surface area contributed by atoms with Crippen LogP contribution in [0, 0.1) is 0 Å². The van der Waals surface area contributed by atoms with Crippen LogP contribution in [0.5, 0.6) is 11.5 Å². The van der Waals surface area contributed by atoms with E-state index in [2.05, 4.69) is 0 Å². The van der Waals surface area contributed by atoms with E-state index in [0.29, 0.717) is 0 Å². The van der Waals surface area contributed by atoms with Gasteiger partial charge in [-0.05, 0) is 35.4 Å². The molecule has 2 rings (SSSR count). The molecule has 2 aromatic rings. The van der Waals surface area contributed by atoms with Crippen LogP contribution in [0.4, 0.5) is 0 Å². The van der Waals surface area contributed by atoms with E-state index >= 15 is 0 Å². The Balaban J connectivity index is 2.22. The molecule has 3 nitrogen and oxygen atoms in total. The first-order valence-electron chi connectivity index (χ1n) is 5.84. The molecule has 19 heavy (non-hydrogen) atoms. The van der Waals surface area contributed by atoms with Gasteiger partial charge >= 0.3 is 0 Å². The number of ether oxygens (including phenoxy) is 1. The summed E-state index contributed by atoms with van der Waals surface area (Å²) in [4.78, 5) is 11.2. The summed E-state index contributed by atoms with van der Waals surface area (Å²) in [6, 6.07) is 13.7. The minimum atomic E-state index is -0.385. The van der Waals surface area contributed by atoms with Crippen molar-refractivity contribution in [1.82, 2.24) is 0 Å². The quantitative estimate of drug-likeness (QED) is 0.916. The SMILES string of the molecule is COc1ccc(C=Cc2ccc(O)c(=O)cc2)cc1. The fourth-order valence-electron chi connectivity index (χ4n) is 1.59. The first-order valence-corrected chi connectivity index (χ1v) is 5.84. The van der Waals surface area contributed by atoms with Gasteiger partial charge in [0.05, 0.1) is 7.11 Å². The third kappa shape index (κ3) is 3.45. The number of rotatable bonds is 3. The lowest BCUT2D eigenvalue weighted by Crippen LogP contribution is -1.91. The van der Waals surface area contributed by atoms with Crippen LogP contribution in [-0.2, 0) is 0 Å². The van der Waals surface area contributed by atoms with E-state index in [1.165, 1.54) is 12.1 Å². The van der Waals surface area contributed by atoms with Crippen LogP contribution >= 0.6 is 0 Å². The Morgan fingerprint density at radius 1 is 0.895 bits per heavy atom. The first kappa shape index (κ1) is 12.9. The molecule has 0 fully saturated rings. The zero-order valence-electron chi connectivity index (χ0n) is 10.5. The highest BCUT2D eigenvalue weighted by atomic mass is 16.5. The van der Waals surface area contributed by atoms with Gasteiger partial charge in [-0.25, -0.2) is 0 Å². The summed E-state index contributed by atoms with van der Waals surface area (Å²) in [5.41, 5.74) is 1.48. The maximum absolute atomic E-state index is 11.2. The summed E-state index contributed by atoms with van der Waals surface area (Å²) in [7, 11) is 1.63. The molecule has 0 unspecified atom stereocenters. The third-order valence-corrected chi connectivity index (χ3v) is 2.70. The lowest BCUT2D eigenvalue weighted by molar-refractivity contribution is 0.415. The maximum atomic E-state index is 11.2. The van der Waals surface area contributed by atoms with Gasteiger partial charge in [0.2, 0.25) is 5.43 Å². The molecule has 0 atom stereocenters. The van der Waals surface area contributed by atoms with Gasteiger partial charge in [-0.3, -0.25) is 4.79 Å². The third-order valence-electron chi connectivity index (χ3n) is 2.70. The lowest BCUT2D eigenvalue weighted by atomic mass is 10.1. The van der Waals surface area contributed by atoms with Crippen LogP contribution in [0.15, 0.2) is 53.3 Å². The fraction of sp³-hybridized carbons (Fsp3) is 0.0625. The Labute approximate surface area is 111 Å². The monoisotopic (exact) mass is 254 g/mol. The number of hydrogen-bond donors (Lipinski definition) is 1. The van der Waals surface area contributed by atoms with Crippen molar-refractivity contribution in [2.45, 2.75) is 0 Å². The average Bonchev–Trinajstić information content (AvgIpc) is 2.61. The number of hydrogen-bond acceptors (Lipinski definition) is 3. The van der Waals surface area contributed by atoms with Crippen molar-refractivity contribution in [2.24, 2.45) is 0 Å². The maximum Gasteiger partial charge on any atom is 0.220 e. The van der Waals surface area contributed by atoms with E-state index in [9.17, 15) is 9.90 Å². The molecule has 0 saturated carbocycles. The minimum absolute atomic E-state index is 0.246. The summed E-state index contributed by atoms with van der Waals surface area (Å²) in [5.74, 6) is 0.563. The predicted octanol–water partition coefficient (Wildman–Crippen LogP) is 2.93. The minimum Gasteiger partial charge on any atom is -0.504 e. The Morgan fingerprint density at radius 3 is 2.00 bits per heavy atom. The second-order valence-electron chi connectivity index (χ2n) is 4.02. The molecule has 0 aliphatic rings. The first-order chi connectivity index (χ1) is 9.19. The highest BCUT2D eigenvalue weighted by Crippen LogP contribution is 2.14. The number of methoxy groups -OCH3 is 1. The Bertz CT molecular complexity index is 643. The zero-order chi connectivity index (χ0) is 13.7. The smallest absolute Gasteiger partial charge is 0.220 e. The van der Waals surface area contributed by atoms with Crippen LogP contribution in [0.2, 0.25) is 0 Å². The van der Waals surface area contributed by atoms with Crippen molar-refractivity contribution in [1.29, 1.82) is 0 Å². The Hall–Kier alpha value is -2.55. The standard InChI is InChI=1S/C16H14O3/c1-19-14-8-4-12(5-9-14)2-3-13-6-10-15(17)16(18)11-7-13/h2-11H,1H3,(H,17,18). The van der Waals surface area contributed by atoms with Crippen LogP contribution in [0.1, 0.15) is 11.1 Å². The second-order valence-corrected chi connectivity index (χ2v) is 4.02. The van der Waals surface area contributed by atoms with Crippen molar-refractivity contribution in [2.75, 3.05) is 7.11 Å². The molecule has 1 N–H and O–H groups in total. The van der Waals surface area contributed by atoms with E-state index in [1.54, 1.807) is 19.2 Å². The molecule has 2 aromatic carbocycles.